The minimum atomic E-state index is 0.680. The fourth-order valence-electron chi connectivity index (χ4n) is 3.61. The predicted octanol–water partition coefficient (Wildman–Crippen LogP) is 3.78. The third-order valence-electron chi connectivity index (χ3n) is 4.51. The van der Waals surface area contributed by atoms with Crippen molar-refractivity contribution in [2.75, 3.05) is 6.54 Å². The summed E-state index contributed by atoms with van der Waals surface area (Å²) < 4.78 is 0. The van der Waals surface area contributed by atoms with Gasteiger partial charge in [0, 0.05) is 12.1 Å². The maximum Gasteiger partial charge on any atom is 0.0281 e. The fraction of sp³-hybridized carbons (Fsp3) is 0.647. The summed E-state index contributed by atoms with van der Waals surface area (Å²) in [7, 11) is 0. The van der Waals surface area contributed by atoms with Crippen LogP contribution in [0.3, 0.4) is 0 Å². The van der Waals surface area contributed by atoms with Crippen LogP contribution in [0.15, 0.2) is 24.3 Å². The third-order valence-corrected chi connectivity index (χ3v) is 4.51. The monoisotopic (exact) mass is 243 g/mol. The van der Waals surface area contributed by atoms with Crippen LogP contribution in [0.2, 0.25) is 0 Å². The Hall–Kier alpha value is -1.00. The molecule has 0 unspecified atom stereocenters. The van der Waals surface area contributed by atoms with Crippen LogP contribution in [0.25, 0.3) is 0 Å². The third kappa shape index (κ3) is 3.06. The Morgan fingerprint density at radius 2 is 2.17 bits per heavy atom. The number of hydrogen-bond acceptors (Lipinski definition) is 1. The van der Waals surface area contributed by atoms with Crippen molar-refractivity contribution in [3.8, 4) is 12.3 Å². The molecule has 0 aliphatic carbocycles. The summed E-state index contributed by atoms with van der Waals surface area (Å²) in [6, 6.07) is 1.54. The fourth-order valence-corrected chi connectivity index (χ4v) is 3.61. The summed E-state index contributed by atoms with van der Waals surface area (Å²) in [5.41, 5.74) is 0. The standard InChI is InChI=1S/C17H25N/c1-3-5-6-7-8-10-16-13-12-15(4-2)17-11-9-14-18(16)17/h1,5-6,8,10,15-17H,4,7,9,11-14H2,2H3/b6-5-,10-8+/t15-,16-,17+/m1/s1. The lowest BCUT2D eigenvalue weighted by atomic mass is 9.84. The SMILES string of the molecule is C#C/C=C\C/C=C/[C@@H]1CC[C@@H](CC)[C@@H]2CCCN12. The van der Waals surface area contributed by atoms with Crippen LogP contribution in [-0.2, 0) is 0 Å². The molecule has 2 aliphatic heterocycles. The largest absolute Gasteiger partial charge is 0.294 e. The number of rotatable bonds is 4. The molecule has 2 heterocycles. The smallest absolute Gasteiger partial charge is 0.0281 e. The molecule has 1 heteroatoms. The van der Waals surface area contributed by atoms with Crippen molar-refractivity contribution in [3.63, 3.8) is 0 Å². The minimum absolute atomic E-state index is 0.680. The first-order valence-corrected chi connectivity index (χ1v) is 7.40. The van der Waals surface area contributed by atoms with Crippen molar-refractivity contribution in [2.45, 2.75) is 57.5 Å². The van der Waals surface area contributed by atoms with Crippen LogP contribution < -0.4 is 0 Å². The predicted molar refractivity (Wildman–Crippen MR) is 78.3 cm³/mol. The Balaban J connectivity index is 1.90. The molecule has 1 nitrogen and oxygen atoms in total. The van der Waals surface area contributed by atoms with Crippen LogP contribution in [0, 0.1) is 18.3 Å². The van der Waals surface area contributed by atoms with E-state index in [1.807, 2.05) is 0 Å². The second kappa shape index (κ2) is 6.81. The molecule has 2 saturated heterocycles. The molecule has 0 aromatic heterocycles. The maximum atomic E-state index is 5.19. The highest BCUT2D eigenvalue weighted by Crippen LogP contribution is 2.37. The van der Waals surface area contributed by atoms with Gasteiger partial charge in [0.1, 0.15) is 0 Å². The number of terminal acetylenes is 1. The molecule has 0 spiro atoms. The van der Waals surface area contributed by atoms with Gasteiger partial charge in [0.2, 0.25) is 0 Å². The van der Waals surface area contributed by atoms with E-state index >= 15 is 0 Å². The van der Waals surface area contributed by atoms with Crippen molar-refractivity contribution >= 4 is 0 Å². The van der Waals surface area contributed by atoms with Crippen LogP contribution in [0.4, 0.5) is 0 Å². The van der Waals surface area contributed by atoms with E-state index in [0.717, 1.165) is 18.4 Å². The van der Waals surface area contributed by atoms with Gasteiger partial charge in [0.15, 0.2) is 0 Å². The van der Waals surface area contributed by atoms with Gasteiger partial charge in [-0.25, -0.2) is 0 Å². The molecule has 0 aromatic rings. The van der Waals surface area contributed by atoms with Crippen LogP contribution in [0.1, 0.15) is 45.4 Å². The molecule has 0 bridgehead atoms. The maximum absolute atomic E-state index is 5.19. The second-order valence-corrected chi connectivity index (χ2v) is 5.49. The van der Waals surface area contributed by atoms with Gasteiger partial charge in [0.25, 0.3) is 0 Å². The van der Waals surface area contributed by atoms with E-state index < -0.39 is 0 Å². The average Bonchev–Trinajstić information content (AvgIpc) is 2.88. The van der Waals surface area contributed by atoms with E-state index in [2.05, 4.69) is 36.0 Å². The van der Waals surface area contributed by atoms with Gasteiger partial charge in [0.05, 0.1) is 0 Å². The first-order chi connectivity index (χ1) is 8.86. The van der Waals surface area contributed by atoms with Gasteiger partial charge >= 0.3 is 0 Å². The van der Waals surface area contributed by atoms with Gasteiger partial charge in [-0.3, -0.25) is 4.90 Å². The highest BCUT2D eigenvalue weighted by molar-refractivity contribution is 5.11. The molecule has 0 amide bonds. The first kappa shape index (κ1) is 13.4. The Bertz CT molecular complexity index is 347. The first-order valence-electron chi connectivity index (χ1n) is 7.40. The number of allylic oxidation sites excluding steroid dienone is 3. The van der Waals surface area contributed by atoms with Crippen molar-refractivity contribution in [2.24, 2.45) is 5.92 Å². The van der Waals surface area contributed by atoms with Gasteiger partial charge in [-0.05, 0) is 50.6 Å². The molecule has 3 atom stereocenters. The molecule has 0 N–H and O–H groups in total. The van der Waals surface area contributed by atoms with E-state index in [1.165, 1.54) is 38.6 Å². The molecular weight excluding hydrogens is 218 g/mol. The molecule has 98 valence electrons. The molecule has 2 fully saturated rings. The van der Waals surface area contributed by atoms with Crippen molar-refractivity contribution < 1.29 is 0 Å². The highest BCUT2D eigenvalue weighted by atomic mass is 15.2. The molecular formula is C17H25N. The van der Waals surface area contributed by atoms with Crippen molar-refractivity contribution in [1.29, 1.82) is 0 Å². The van der Waals surface area contributed by atoms with Gasteiger partial charge in [-0.2, -0.15) is 0 Å². The van der Waals surface area contributed by atoms with Gasteiger partial charge < -0.3 is 0 Å². The summed E-state index contributed by atoms with van der Waals surface area (Å²) in [5, 5.41) is 0. The van der Waals surface area contributed by atoms with Gasteiger partial charge in [-0.15, -0.1) is 6.42 Å². The average molecular weight is 243 g/mol. The van der Waals surface area contributed by atoms with Crippen LogP contribution in [-0.4, -0.2) is 23.5 Å². The Morgan fingerprint density at radius 1 is 1.28 bits per heavy atom. The minimum Gasteiger partial charge on any atom is -0.294 e. The number of piperidine rings is 1. The van der Waals surface area contributed by atoms with E-state index in [1.54, 1.807) is 6.08 Å². The van der Waals surface area contributed by atoms with Crippen molar-refractivity contribution in [1.82, 2.24) is 4.90 Å². The normalized spacial score (nSPS) is 33.0. The molecule has 0 aromatic carbocycles. The quantitative estimate of drug-likeness (QED) is 0.536. The molecule has 0 saturated carbocycles. The lowest BCUT2D eigenvalue weighted by Crippen LogP contribution is -2.46. The summed E-state index contributed by atoms with van der Waals surface area (Å²) in [6.07, 6.45) is 21.6. The van der Waals surface area contributed by atoms with Gasteiger partial charge in [-0.1, -0.05) is 37.5 Å². The summed E-state index contributed by atoms with van der Waals surface area (Å²) in [6.45, 7) is 3.65. The van der Waals surface area contributed by atoms with Crippen LogP contribution >= 0.6 is 0 Å². The lowest BCUT2D eigenvalue weighted by molar-refractivity contribution is 0.0952. The lowest BCUT2D eigenvalue weighted by Gasteiger charge is -2.41. The zero-order chi connectivity index (χ0) is 12.8. The zero-order valence-electron chi connectivity index (χ0n) is 11.5. The zero-order valence-corrected chi connectivity index (χ0v) is 11.5. The molecule has 2 rings (SSSR count). The Kier molecular flexibility index (Phi) is 5.08. The van der Waals surface area contributed by atoms with E-state index in [9.17, 15) is 0 Å². The number of nitrogens with zero attached hydrogens (tertiary/aromatic N) is 1. The second-order valence-electron chi connectivity index (χ2n) is 5.49. The molecule has 0 radical (unpaired) electrons. The van der Waals surface area contributed by atoms with E-state index in [4.69, 9.17) is 6.42 Å². The Morgan fingerprint density at radius 3 is 2.94 bits per heavy atom. The van der Waals surface area contributed by atoms with Crippen molar-refractivity contribution in [3.05, 3.63) is 24.3 Å². The summed E-state index contributed by atoms with van der Waals surface area (Å²) >= 11 is 0. The van der Waals surface area contributed by atoms with E-state index in [-0.39, 0.29) is 0 Å². The topological polar surface area (TPSA) is 3.24 Å². The number of hydrogen-bond donors (Lipinski definition) is 0. The van der Waals surface area contributed by atoms with Crippen LogP contribution in [0.5, 0.6) is 0 Å². The van der Waals surface area contributed by atoms with E-state index in [0.29, 0.717) is 6.04 Å². The Labute approximate surface area is 112 Å². The molecule has 18 heavy (non-hydrogen) atoms. The molecule has 2 aliphatic rings. The summed E-state index contributed by atoms with van der Waals surface area (Å²) in [4.78, 5) is 2.75. The summed E-state index contributed by atoms with van der Waals surface area (Å²) in [5.74, 6) is 3.47. The number of fused-ring (bicyclic) bond motifs is 1. The highest BCUT2D eigenvalue weighted by Gasteiger charge is 2.37.